The summed E-state index contributed by atoms with van der Waals surface area (Å²) < 4.78 is 4.50. The third-order valence-electron chi connectivity index (χ3n) is 1.30. The highest BCUT2D eigenvalue weighted by Crippen LogP contribution is 2.24. The van der Waals surface area contributed by atoms with Crippen molar-refractivity contribution in [2.24, 2.45) is 4.99 Å². The predicted octanol–water partition coefficient (Wildman–Crippen LogP) is 1.21. The van der Waals surface area contributed by atoms with Crippen LogP contribution in [0.4, 0.5) is 5.13 Å². The van der Waals surface area contributed by atoms with Gasteiger partial charge in [0.15, 0.2) is 0 Å². The minimum absolute atomic E-state index is 0.216. The third kappa shape index (κ3) is 1.99. The van der Waals surface area contributed by atoms with Crippen LogP contribution in [0.2, 0.25) is 0 Å². The fourth-order valence-corrected chi connectivity index (χ4v) is 1.56. The molecule has 5 nitrogen and oxygen atoms in total. The number of isocyanates is 1. The molecule has 0 aromatic carbocycles. The van der Waals surface area contributed by atoms with Gasteiger partial charge in [0.05, 0.1) is 12.8 Å². The zero-order valence-corrected chi connectivity index (χ0v) is 7.84. The standard InChI is InChI=1S/C7H6N2O3S/c1-4-5(6(11)12-2)13-7(9-4)8-3-10/h1-2H3. The first-order valence-corrected chi connectivity index (χ1v) is 4.14. The molecule has 6 heteroatoms. The normalized spacial score (nSPS) is 9.08. The Hall–Kier alpha value is -1.52. The summed E-state index contributed by atoms with van der Waals surface area (Å²) >= 11 is 1.00. The van der Waals surface area contributed by atoms with Gasteiger partial charge in [0.25, 0.3) is 0 Å². The van der Waals surface area contributed by atoms with E-state index in [0.29, 0.717) is 10.6 Å². The number of esters is 1. The largest absolute Gasteiger partial charge is 0.465 e. The summed E-state index contributed by atoms with van der Waals surface area (Å²) in [7, 11) is 1.28. The average Bonchev–Trinajstić information content (AvgIpc) is 2.46. The van der Waals surface area contributed by atoms with E-state index in [1.807, 2.05) is 0 Å². The van der Waals surface area contributed by atoms with E-state index in [0.717, 1.165) is 11.3 Å². The van der Waals surface area contributed by atoms with Gasteiger partial charge in [-0.15, -0.1) is 4.99 Å². The van der Waals surface area contributed by atoms with E-state index in [1.54, 1.807) is 6.92 Å². The highest BCUT2D eigenvalue weighted by molar-refractivity contribution is 7.17. The van der Waals surface area contributed by atoms with E-state index in [1.165, 1.54) is 13.2 Å². The number of hydrogen-bond acceptors (Lipinski definition) is 6. The first kappa shape index (κ1) is 9.57. The highest BCUT2D eigenvalue weighted by Gasteiger charge is 2.14. The summed E-state index contributed by atoms with van der Waals surface area (Å²) in [5.41, 5.74) is 0.505. The molecular weight excluding hydrogens is 192 g/mol. The first-order chi connectivity index (χ1) is 6.19. The molecule has 0 aliphatic carbocycles. The number of carbonyl (C=O) groups excluding carboxylic acids is 2. The van der Waals surface area contributed by atoms with Crippen LogP contribution in [0.3, 0.4) is 0 Å². The van der Waals surface area contributed by atoms with E-state index < -0.39 is 5.97 Å². The predicted molar refractivity (Wildman–Crippen MR) is 46.0 cm³/mol. The molecule has 0 N–H and O–H groups in total. The Morgan fingerprint density at radius 2 is 2.38 bits per heavy atom. The molecule has 0 aliphatic rings. The Bertz CT molecular complexity index is 379. The Morgan fingerprint density at radius 3 is 2.92 bits per heavy atom. The zero-order valence-electron chi connectivity index (χ0n) is 7.03. The molecule has 0 fully saturated rings. The fraction of sp³-hybridized carbons (Fsp3) is 0.286. The number of methoxy groups -OCH3 is 1. The molecule has 0 bridgehead atoms. The van der Waals surface area contributed by atoms with Crippen LogP contribution in [-0.4, -0.2) is 24.1 Å². The van der Waals surface area contributed by atoms with Gasteiger partial charge in [-0.25, -0.2) is 14.6 Å². The second-order valence-electron chi connectivity index (χ2n) is 2.11. The van der Waals surface area contributed by atoms with Crippen LogP contribution in [0.5, 0.6) is 0 Å². The second kappa shape index (κ2) is 3.93. The van der Waals surface area contributed by atoms with Crippen LogP contribution in [0.1, 0.15) is 15.4 Å². The Balaban J connectivity index is 3.09. The van der Waals surface area contributed by atoms with Crippen molar-refractivity contribution in [2.75, 3.05) is 7.11 Å². The molecule has 68 valence electrons. The number of hydrogen-bond donors (Lipinski definition) is 0. The SMILES string of the molecule is COC(=O)c1sc(N=C=O)nc1C. The monoisotopic (exact) mass is 198 g/mol. The molecule has 13 heavy (non-hydrogen) atoms. The van der Waals surface area contributed by atoms with Gasteiger partial charge >= 0.3 is 5.97 Å². The lowest BCUT2D eigenvalue weighted by Gasteiger charge is -1.92. The van der Waals surface area contributed by atoms with E-state index in [9.17, 15) is 9.59 Å². The number of aryl methyl sites for hydroxylation is 1. The summed E-state index contributed by atoms with van der Waals surface area (Å²) in [5, 5.41) is 0.216. The summed E-state index contributed by atoms with van der Waals surface area (Å²) in [4.78, 5) is 28.5. The van der Waals surface area contributed by atoms with Crippen molar-refractivity contribution in [1.29, 1.82) is 0 Å². The smallest absolute Gasteiger partial charge is 0.350 e. The molecule has 0 saturated heterocycles. The number of rotatable bonds is 2. The van der Waals surface area contributed by atoms with Crippen molar-refractivity contribution in [1.82, 2.24) is 4.98 Å². The van der Waals surface area contributed by atoms with Crippen LogP contribution >= 0.6 is 11.3 Å². The number of carbonyl (C=O) groups is 1. The minimum atomic E-state index is -0.470. The van der Waals surface area contributed by atoms with Gasteiger partial charge in [-0.1, -0.05) is 11.3 Å². The molecule has 0 saturated carbocycles. The summed E-state index contributed by atoms with van der Waals surface area (Å²) in [6.07, 6.45) is 1.35. The van der Waals surface area contributed by atoms with Crippen molar-refractivity contribution in [3.8, 4) is 0 Å². The van der Waals surface area contributed by atoms with Crippen LogP contribution in [0.15, 0.2) is 4.99 Å². The van der Waals surface area contributed by atoms with Gasteiger partial charge in [0, 0.05) is 0 Å². The van der Waals surface area contributed by atoms with Gasteiger partial charge in [0.2, 0.25) is 11.2 Å². The first-order valence-electron chi connectivity index (χ1n) is 3.32. The van der Waals surface area contributed by atoms with Crippen molar-refractivity contribution in [3.05, 3.63) is 10.6 Å². The maximum Gasteiger partial charge on any atom is 0.350 e. The van der Waals surface area contributed by atoms with Gasteiger partial charge in [0.1, 0.15) is 4.88 Å². The molecule has 1 heterocycles. The summed E-state index contributed by atoms with van der Waals surface area (Å²) in [6, 6.07) is 0. The van der Waals surface area contributed by atoms with Gasteiger partial charge in [-0.2, -0.15) is 0 Å². The number of nitrogens with zero attached hydrogens (tertiary/aromatic N) is 2. The van der Waals surface area contributed by atoms with Crippen molar-refractivity contribution >= 4 is 28.5 Å². The lowest BCUT2D eigenvalue weighted by Crippen LogP contribution is -1.99. The molecular formula is C7H6N2O3S. The lowest BCUT2D eigenvalue weighted by atomic mass is 10.4. The summed E-state index contributed by atoms with van der Waals surface area (Å²) in [6.45, 7) is 1.65. The van der Waals surface area contributed by atoms with E-state index in [-0.39, 0.29) is 5.13 Å². The Kier molecular flexibility index (Phi) is 2.89. The quantitative estimate of drug-likeness (QED) is 0.407. The maximum absolute atomic E-state index is 11.1. The summed E-state index contributed by atoms with van der Waals surface area (Å²) in [5.74, 6) is -0.470. The van der Waals surface area contributed by atoms with Crippen LogP contribution < -0.4 is 0 Å². The van der Waals surface area contributed by atoms with E-state index in [2.05, 4.69) is 14.7 Å². The Labute approximate surface area is 78.1 Å². The third-order valence-corrected chi connectivity index (χ3v) is 2.33. The molecule has 0 unspecified atom stereocenters. The van der Waals surface area contributed by atoms with E-state index in [4.69, 9.17) is 0 Å². The number of aromatic nitrogens is 1. The molecule has 0 amide bonds. The molecule has 1 aromatic rings. The topological polar surface area (TPSA) is 68.6 Å². The number of aliphatic imine (C=N–C) groups is 1. The van der Waals surface area contributed by atoms with Gasteiger partial charge < -0.3 is 4.74 Å². The van der Waals surface area contributed by atoms with Crippen molar-refractivity contribution in [2.45, 2.75) is 6.92 Å². The second-order valence-corrected chi connectivity index (χ2v) is 3.08. The zero-order chi connectivity index (χ0) is 9.84. The molecule has 0 atom stereocenters. The molecule has 1 rings (SSSR count). The van der Waals surface area contributed by atoms with Crippen LogP contribution in [0.25, 0.3) is 0 Å². The maximum atomic E-state index is 11.1. The molecule has 0 aliphatic heterocycles. The van der Waals surface area contributed by atoms with Crippen molar-refractivity contribution < 1.29 is 14.3 Å². The van der Waals surface area contributed by atoms with Gasteiger partial charge in [-0.3, -0.25) is 0 Å². The Morgan fingerprint density at radius 1 is 1.69 bits per heavy atom. The van der Waals surface area contributed by atoms with Crippen LogP contribution in [-0.2, 0) is 9.53 Å². The highest BCUT2D eigenvalue weighted by atomic mass is 32.1. The molecule has 1 aromatic heterocycles. The number of thiazole rings is 1. The lowest BCUT2D eigenvalue weighted by molar-refractivity contribution is 0.0605. The van der Waals surface area contributed by atoms with E-state index >= 15 is 0 Å². The molecule has 0 spiro atoms. The number of ether oxygens (including phenoxy) is 1. The molecule has 0 radical (unpaired) electrons. The van der Waals surface area contributed by atoms with Gasteiger partial charge in [-0.05, 0) is 6.92 Å². The fourth-order valence-electron chi connectivity index (χ4n) is 0.751. The average molecular weight is 198 g/mol. The minimum Gasteiger partial charge on any atom is -0.465 e. The van der Waals surface area contributed by atoms with Crippen LogP contribution in [0, 0.1) is 6.92 Å². The van der Waals surface area contributed by atoms with Crippen molar-refractivity contribution in [3.63, 3.8) is 0 Å².